The number of nitrogens with one attached hydrogen (secondary N) is 1. The standard InChI is InChI=1S/C7H6N4S.Na.H/c1-2-4-6(5-3-1)12-7-8-10-11-9-7;;/h1-5H,(H,8,9,10,11);;/q;+1;-1. The Hall–Kier alpha value is -0.360. The summed E-state index contributed by atoms with van der Waals surface area (Å²) in [4.78, 5) is 1.11. The van der Waals surface area contributed by atoms with Crippen molar-refractivity contribution in [2.24, 2.45) is 0 Å². The number of nitrogens with zero attached hydrogens (tertiary/aromatic N) is 3. The van der Waals surface area contributed by atoms with Crippen molar-refractivity contribution in [3.63, 3.8) is 0 Å². The molecule has 1 aromatic heterocycles. The van der Waals surface area contributed by atoms with Crippen LogP contribution in [-0.2, 0) is 0 Å². The van der Waals surface area contributed by atoms with Crippen molar-refractivity contribution in [1.82, 2.24) is 20.6 Å². The second kappa shape index (κ2) is 5.39. The predicted molar refractivity (Wildman–Crippen MR) is 45.9 cm³/mol. The number of benzene rings is 1. The first-order valence-corrected chi connectivity index (χ1v) is 4.23. The van der Waals surface area contributed by atoms with Crippen LogP contribution in [0.25, 0.3) is 0 Å². The van der Waals surface area contributed by atoms with Crippen LogP contribution in [0.5, 0.6) is 0 Å². The first kappa shape index (κ1) is 10.7. The number of tetrazole rings is 1. The Bertz CT molecular complexity index is 342. The largest absolute Gasteiger partial charge is 1.00 e. The molecule has 0 spiro atoms. The minimum Gasteiger partial charge on any atom is -1.00 e. The molecule has 1 N–H and O–H groups in total. The van der Waals surface area contributed by atoms with E-state index in [9.17, 15) is 0 Å². The van der Waals surface area contributed by atoms with E-state index in [0.29, 0.717) is 5.16 Å². The van der Waals surface area contributed by atoms with Crippen molar-refractivity contribution >= 4 is 11.8 Å². The zero-order chi connectivity index (χ0) is 8.23. The minimum atomic E-state index is 0. The predicted octanol–water partition coefficient (Wildman–Crippen LogP) is -1.53. The van der Waals surface area contributed by atoms with Gasteiger partial charge in [-0.25, -0.2) is 0 Å². The molecular formula is C7H7N4NaS. The first-order valence-electron chi connectivity index (χ1n) is 3.41. The average Bonchev–Trinajstić information content (AvgIpc) is 2.59. The van der Waals surface area contributed by atoms with Gasteiger partial charge in [0.05, 0.1) is 0 Å². The fourth-order valence-electron chi connectivity index (χ4n) is 0.790. The number of rotatable bonds is 2. The topological polar surface area (TPSA) is 54.5 Å². The van der Waals surface area contributed by atoms with E-state index < -0.39 is 0 Å². The molecule has 0 atom stereocenters. The van der Waals surface area contributed by atoms with Gasteiger partial charge in [-0.15, -0.1) is 10.2 Å². The molecule has 2 rings (SSSR count). The summed E-state index contributed by atoms with van der Waals surface area (Å²) in [6, 6.07) is 9.92. The molecule has 0 amide bonds. The van der Waals surface area contributed by atoms with Gasteiger partial charge in [-0.1, -0.05) is 18.2 Å². The van der Waals surface area contributed by atoms with Gasteiger partial charge >= 0.3 is 29.6 Å². The molecule has 1 heterocycles. The van der Waals surface area contributed by atoms with Gasteiger partial charge in [0.25, 0.3) is 0 Å². The van der Waals surface area contributed by atoms with Crippen LogP contribution in [0.3, 0.4) is 0 Å². The summed E-state index contributed by atoms with van der Waals surface area (Å²) < 4.78 is 0. The molecular weight excluding hydrogens is 195 g/mol. The Morgan fingerprint density at radius 1 is 1.23 bits per heavy atom. The molecule has 13 heavy (non-hydrogen) atoms. The molecule has 0 fully saturated rings. The van der Waals surface area contributed by atoms with Gasteiger partial charge in [0.2, 0.25) is 5.16 Å². The van der Waals surface area contributed by atoms with E-state index >= 15 is 0 Å². The van der Waals surface area contributed by atoms with Crippen molar-refractivity contribution < 1.29 is 31.0 Å². The monoisotopic (exact) mass is 202 g/mol. The van der Waals surface area contributed by atoms with Crippen molar-refractivity contribution in [1.29, 1.82) is 0 Å². The van der Waals surface area contributed by atoms with E-state index in [-0.39, 0.29) is 31.0 Å². The molecule has 0 aliphatic carbocycles. The second-order valence-electron chi connectivity index (χ2n) is 2.11. The van der Waals surface area contributed by atoms with Gasteiger partial charge in [-0.3, -0.25) is 0 Å². The Morgan fingerprint density at radius 2 is 2.00 bits per heavy atom. The normalized spacial score (nSPS) is 9.23. The minimum absolute atomic E-state index is 0. The molecule has 4 nitrogen and oxygen atoms in total. The molecule has 0 bridgehead atoms. The third kappa shape index (κ3) is 3.11. The molecule has 62 valence electrons. The Morgan fingerprint density at radius 3 is 2.62 bits per heavy atom. The van der Waals surface area contributed by atoms with Gasteiger partial charge < -0.3 is 1.43 Å². The van der Waals surface area contributed by atoms with E-state index in [0.717, 1.165) is 4.90 Å². The van der Waals surface area contributed by atoms with E-state index in [4.69, 9.17) is 0 Å². The summed E-state index contributed by atoms with van der Waals surface area (Å²) in [5.74, 6) is 0. The summed E-state index contributed by atoms with van der Waals surface area (Å²) in [7, 11) is 0. The SMILES string of the molecule is [H-].[Na+].c1ccc(Sc2nn[nH]n2)cc1. The molecule has 0 radical (unpaired) electrons. The zero-order valence-corrected chi connectivity index (χ0v) is 9.95. The van der Waals surface area contributed by atoms with Crippen LogP contribution in [0.2, 0.25) is 0 Å². The fraction of sp³-hybridized carbons (Fsp3) is 0. The Balaban J connectivity index is 0.000000845. The van der Waals surface area contributed by atoms with Crippen LogP contribution in [-0.4, -0.2) is 20.6 Å². The van der Waals surface area contributed by atoms with Crippen LogP contribution in [0.4, 0.5) is 0 Å². The molecule has 0 aliphatic rings. The van der Waals surface area contributed by atoms with Crippen LogP contribution >= 0.6 is 11.8 Å². The smallest absolute Gasteiger partial charge is 1.00 e. The third-order valence-electron chi connectivity index (χ3n) is 1.28. The van der Waals surface area contributed by atoms with E-state index in [1.54, 1.807) is 0 Å². The first-order chi connectivity index (χ1) is 5.95. The summed E-state index contributed by atoms with van der Waals surface area (Å²) >= 11 is 1.48. The van der Waals surface area contributed by atoms with Crippen molar-refractivity contribution in [2.45, 2.75) is 10.1 Å². The quantitative estimate of drug-likeness (QED) is 0.600. The van der Waals surface area contributed by atoms with Gasteiger partial charge in [-0.05, 0) is 29.1 Å². The van der Waals surface area contributed by atoms with Gasteiger partial charge in [0.15, 0.2) is 0 Å². The van der Waals surface area contributed by atoms with Gasteiger partial charge in [0, 0.05) is 4.90 Å². The van der Waals surface area contributed by atoms with Crippen molar-refractivity contribution in [2.75, 3.05) is 0 Å². The van der Waals surface area contributed by atoms with E-state index in [2.05, 4.69) is 20.6 Å². The molecule has 0 saturated carbocycles. The molecule has 0 aliphatic heterocycles. The maximum absolute atomic E-state index is 3.83. The number of hydrogen-bond donors (Lipinski definition) is 1. The van der Waals surface area contributed by atoms with Crippen molar-refractivity contribution in [3.05, 3.63) is 30.3 Å². The number of aromatic amines is 1. The van der Waals surface area contributed by atoms with Crippen LogP contribution < -0.4 is 29.6 Å². The van der Waals surface area contributed by atoms with Crippen LogP contribution in [0.1, 0.15) is 1.43 Å². The number of aromatic nitrogens is 4. The summed E-state index contributed by atoms with van der Waals surface area (Å²) in [5.41, 5.74) is 0. The second-order valence-corrected chi connectivity index (χ2v) is 3.15. The Kier molecular flexibility index (Phi) is 4.44. The van der Waals surface area contributed by atoms with E-state index in [1.807, 2.05) is 30.3 Å². The maximum atomic E-state index is 3.83. The fourth-order valence-corrected chi connectivity index (χ4v) is 1.46. The van der Waals surface area contributed by atoms with Gasteiger partial charge in [-0.2, -0.15) is 5.21 Å². The summed E-state index contributed by atoms with van der Waals surface area (Å²) in [5, 5.41) is 14.2. The number of hydrogen-bond acceptors (Lipinski definition) is 4. The van der Waals surface area contributed by atoms with Crippen LogP contribution in [0.15, 0.2) is 40.4 Å². The summed E-state index contributed by atoms with van der Waals surface area (Å²) in [6.07, 6.45) is 0. The molecule has 0 saturated heterocycles. The van der Waals surface area contributed by atoms with Crippen LogP contribution in [0, 0.1) is 0 Å². The zero-order valence-electron chi connectivity index (χ0n) is 8.14. The molecule has 6 heteroatoms. The molecule has 2 aromatic rings. The summed E-state index contributed by atoms with van der Waals surface area (Å²) in [6.45, 7) is 0. The molecule has 1 aromatic carbocycles. The van der Waals surface area contributed by atoms with Crippen molar-refractivity contribution in [3.8, 4) is 0 Å². The third-order valence-corrected chi connectivity index (χ3v) is 2.14. The maximum Gasteiger partial charge on any atom is 1.00 e. The average molecular weight is 202 g/mol. The number of H-pyrrole nitrogens is 1. The molecule has 0 unspecified atom stereocenters. The Labute approximate surface area is 103 Å². The van der Waals surface area contributed by atoms with E-state index in [1.165, 1.54) is 11.8 Å². The van der Waals surface area contributed by atoms with Gasteiger partial charge in [0.1, 0.15) is 0 Å².